The topological polar surface area (TPSA) is 133 Å². The number of thioether (sulfide) groups is 1. The Bertz CT molecular complexity index is 1220. The Morgan fingerprint density at radius 3 is 2.40 bits per heavy atom. The number of anilines is 2. The molecule has 4 N–H and O–H groups in total. The lowest BCUT2D eigenvalue weighted by Crippen LogP contribution is -2.40. The van der Waals surface area contributed by atoms with E-state index in [1.807, 2.05) is 31.2 Å². The summed E-state index contributed by atoms with van der Waals surface area (Å²) in [7, 11) is -3.01. The predicted octanol–water partition coefficient (Wildman–Crippen LogP) is 5.12. The van der Waals surface area contributed by atoms with Gasteiger partial charge in [0.05, 0.1) is 16.8 Å². The van der Waals surface area contributed by atoms with E-state index < -0.39 is 10.8 Å². The second-order valence-electron chi connectivity index (χ2n) is 8.38. The van der Waals surface area contributed by atoms with Gasteiger partial charge in [0.25, 0.3) is 0 Å². The molecule has 182 valence electrons. The lowest BCUT2D eigenvalue weighted by atomic mass is 10.00. The van der Waals surface area contributed by atoms with Crippen molar-refractivity contribution in [3.05, 3.63) is 70.3 Å². The number of pyridine rings is 1. The molecule has 0 spiro atoms. The van der Waals surface area contributed by atoms with E-state index >= 15 is 0 Å². The minimum absolute atomic E-state index is 0.164. The molecule has 1 aromatic heterocycles. The third-order valence-corrected chi connectivity index (χ3v) is 8.59. The number of benzene rings is 1. The molecule has 0 aliphatic carbocycles. The second kappa shape index (κ2) is 10.7. The normalized spacial score (nSPS) is 18.2. The maximum atomic E-state index is 10.3. The van der Waals surface area contributed by atoms with Crippen LogP contribution in [0.2, 0.25) is 0 Å². The number of hydrogen-bond donors (Lipinski definition) is 3. The molecule has 2 aliphatic rings. The Morgan fingerprint density at radius 1 is 1.11 bits per heavy atom. The molecule has 0 amide bonds. The highest BCUT2D eigenvalue weighted by Crippen LogP contribution is 2.49. The van der Waals surface area contributed by atoms with Gasteiger partial charge in [-0.25, -0.2) is 9.29 Å². The molecule has 0 bridgehead atoms. The molecule has 0 unspecified atom stereocenters. The van der Waals surface area contributed by atoms with Crippen LogP contribution >= 0.6 is 22.5 Å². The molecule has 35 heavy (non-hydrogen) atoms. The van der Waals surface area contributed by atoms with Crippen LogP contribution in [0.25, 0.3) is 0 Å². The molecule has 1 saturated heterocycles. The van der Waals surface area contributed by atoms with Gasteiger partial charge in [-0.2, -0.15) is 10.5 Å². The molecule has 10 heteroatoms. The Kier molecular flexibility index (Phi) is 7.70. The smallest absolute Gasteiger partial charge is 0.148 e. The van der Waals surface area contributed by atoms with Crippen LogP contribution in [0.3, 0.4) is 0 Å². The SMILES string of the molecule is CCc1c(C#N)c(SCc2ccc(N3C=CC=CS3(O)O)cc2)nc(N2CCC(N)CC2)c1C#N. The van der Waals surface area contributed by atoms with E-state index in [1.165, 1.54) is 21.5 Å². The van der Waals surface area contributed by atoms with E-state index in [0.29, 0.717) is 39.8 Å². The summed E-state index contributed by atoms with van der Waals surface area (Å²) in [4.78, 5) is 6.92. The maximum Gasteiger partial charge on any atom is 0.148 e. The van der Waals surface area contributed by atoms with Gasteiger partial charge in [0.2, 0.25) is 0 Å². The third-order valence-electron chi connectivity index (χ3n) is 6.11. The zero-order valence-corrected chi connectivity index (χ0v) is 21.1. The third kappa shape index (κ3) is 5.32. The standard InChI is InChI=1S/C25H28N6O2S2/c1-2-21-22(15-26)24(30-12-9-19(28)10-13-30)29-25(23(21)16-27)34-17-18-5-7-20(8-6-18)31-11-3-4-14-35(31,32)33/h3-8,11,14,19,32-33H,2,9-10,12-13,17,28H2,1H3. The van der Waals surface area contributed by atoms with Crippen molar-refractivity contribution < 1.29 is 9.11 Å². The summed E-state index contributed by atoms with van der Waals surface area (Å²) in [5, 5.41) is 21.8. The molecule has 1 fully saturated rings. The summed E-state index contributed by atoms with van der Waals surface area (Å²) in [6, 6.07) is 12.3. The van der Waals surface area contributed by atoms with Crippen molar-refractivity contribution in [2.45, 2.75) is 43.0 Å². The van der Waals surface area contributed by atoms with E-state index in [4.69, 9.17) is 10.7 Å². The molecule has 2 aromatic rings. The number of aromatic nitrogens is 1. The van der Waals surface area contributed by atoms with Crippen LogP contribution in [0.1, 0.15) is 42.0 Å². The zero-order chi connectivity index (χ0) is 25.0. The minimum Gasteiger partial charge on any atom is -0.355 e. The number of nitrogens with zero attached hydrogens (tertiary/aromatic N) is 5. The first kappa shape index (κ1) is 25.1. The number of nitrogens with two attached hydrogens (primary N) is 1. The largest absolute Gasteiger partial charge is 0.355 e. The second-order valence-corrected chi connectivity index (χ2v) is 11.1. The Morgan fingerprint density at radius 2 is 1.80 bits per heavy atom. The van der Waals surface area contributed by atoms with Crippen molar-refractivity contribution in [3.63, 3.8) is 0 Å². The van der Waals surface area contributed by atoms with Gasteiger partial charge in [0, 0.05) is 36.5 Å². The molecule has 8 nitrogen and oxygen atoms in total. The summed E-state index contributed by atoms with van der Waals surface area (Å²) in [5.41, 5.74) is 9.43. The van der Waals surface area contributed by atoms with Crippen molar-refractivity contribution in [3.8, 4) is 12.1 Å². The fraction of sp³-hybridized carbons (Fsp3) is 0.320. The fourth-order valence-electron chi connectivity index (χ4n) is 4.19. The van der Waals surface area contributed by atoms with Crippen LogP contribution in [-0.4, -0.2) is 33.2 Å². The monoisotopic (exact) mass is 508 g/mol. The summed E-state index contributed by atoms with van der Waals surface area (Å²) >= 11 is 1.47. The van der Waals surface area contributed by atoms with Gasteiger partial charge in [-0.3, -0.25) is 9.11 Å². The van der Waals surface area contributed by atoms with Gasteiger partial charge < -0.3 is 10.6 Å². The molecule has 0 radical (unpaired) electrons. The highest BCUT2D eigenvalue weighted by molar-refractivity contribution is 8.28. The van der Waals surface area contributed by atoms with Crippen LogP contribution in [-0.2, 0) is 12.2 Å². The van der Waals surface area contributed by atoms with E-state index in [1.54, 1.807) is 18.4 Å². The zero-order valence-electron chi connectivity index (χ0n) is 19.5. The molecule has 0 atom stereocenters. The summed E-state index contributed by atoms with van der Waals surface area (Å²) < 4.78 is 22.0. The van der Waals surface area contributed by atoms with E-state index in [9.17, 15) is 19.6 Å². The first-order valence-corrected chi connectivity index (χ1v) is 13.9. The minimum atomic E-state index is -3.01. The lowest BCUT2D eigenvalue weighted by Gasteiger charge is -2.40. The first-order chi connectivity index (χ1) is 16.9. The van der Waals surface area contributed by atoms with Crippen molar-refractivity contribution in [2.24, 2.45) is 5.73 Å². The number of nitriles is 2. The number of piperidine rings is 1. The molecule has 3 heterocycles. The van der Waals surface area contributed by atoms with E-state index in [0.717, 1.165) is 37.1 Å². The quantitative estimate of drug-likeness (QED) is 0.454. The summed E-state index contributed by atoms with van der Waals surface area (Å²) in [6.45, 7) is 3.43. The van der Waals surface area contributed by atoms with E-state index in [2.05, 4.69) is 17.0 Å². The lowest BCUT2D eigenvalue weighted by molar-refractivity contribution is 0.497. The van der Waals surface area contributed by atoms with Gasteiger partial charge in [0.15, 0.2) is 0 Å². The van der Waals surface area contributed by atoms with Crippen LogP contribution in [0.15, 0.2) is 53.1 Å². The van der Waals surface area contributed by atoms with Gasteiger partial charge in [-0.15, -0.1) is 11.8 Å². The van der Waals surface area contributed by atoms with Crippen LogP contribution in [0.4, 0.5) is 11.5 Å². The van der Waals surface area contributed by atoms with Gasteiger partial charge in [-0.1, -0.05) is 29.8 Å². The van der Waals surface area contributed by atoms with Gasteiger partial charge in [0.1, 0.15) is 23.0 Å². The molecular formula is C25H28N6O2S2. The van der Waals surface area contributed by atoms with Crippen molar-refractivity contribution in [1.29, 1.82) is 10.5 Å². The average Bonchev–Trinajstić information content (AvgIpc) is 2.87. The average molecular weight is 509 g/mol. The molecule has 2 aliphatic heterocycles. The summed E-state index contributed by atoms with van der Waals surface area (Å²) in [6.07, 6.45) is 7.26. The van der Waals surface area contributed by atoms with Gasteiger partial charge >= 0.3 is 0 Å². The molecule has 1 aromatic carbocycles. The Hall–Kier alpha value is -2.99. The molecule has 4 rings (SSSR count). The molecular weight excluding hydrogens is 480 g/mol. The predicted molar refractivity (Wildman–Crippen MR) is 142 cm³/mol. The van der Waals surface area contributed by atoms with Crippen molar-refractivity contribution >= 4 is 34.0 Å². The number of allylic oxidation sites excluding steroid dienone is 2. The fourth-order valence-corrected chi connectivity index (χ4v) is 6.27. The first-order valence-electron chi connectivity index (χ1n) is 11.4. The van der Waals surface area contributed by atoms with Crippen molar-refractivity contribution in [2.75, 3.05) is 22.3 Å². The number of rotatable bonds is 6. The van der Waals surface area contributed by atoms with Gasteiger partial charge in [-0.05, 0) is 54.7 Å². The Labute approximate surface area is 211 Å². The number of hydrogen-bond acceptors (Lipinski definition) is 9. The highest BCUT2D eigenvalue weighted by Gasteiger charge is 2.25. The highest BCUT2D eigenvalue weighted by atomic mass is 32.3. The van der Waals surface area contributed by atoms with Crippen LogP contribution in [0.5, 0.6) is 0 Å². The van der Waals surface area contributed by atoms with Crippen LogP contribution < -0.4 is 14.9 Å². The van der Waals surface area contributed by atoms with Crippen LogP contribution in [0, 0.1) is 22.7 Å². The van der Waals surface area contributed by atoms with Crippen molar-refractivity contribution in [1.82, 2.24) is 4.98 Å². The maximum absolute atomic E-state index is 10.3. The van der Waals surface area contributed by atoms with E-state index in [-0.39, 0.29) is 6.04 Å². The Balaban J connectivity index is 1.59. The molecule has 0 saturated carbocycles. The summed E-state index contributed by atoms with van der Waals surface area (Å²) in [5.74, 6) is 1.22.